The van der Waals surface area contributed by atoms with Crippen LogP contribution in [0.1, 0.15) is 68.2 Å². The molecule has 3 amide bonds. The third-order valence-corrected chi connectivity index (χ3v) is 4.70. The van der Waals surface area contributed by atoms with E-state index in [0.717, 1.165) is 6.42 Å². The van der Waals surface area contributed by atoms with Crippen molar-refractivity contribution in [2.45, 2.75) is 53.5 Å². The van der Waals surface area contributed by atoms with E-state index in [1.54, 1.807) is 29.2 Å². The Hall–Kier alpha value is -2.41. The normalized spacial score (nSPS) is 11.8. The van der Waals surface area contributed by atoms with Crippen LogP contribution in [0, 0.1) is 5.92 Å². The molecule has 0 fully saturated rings. The summed E-state index contributed by atoms with van der Waals surface area (Å²) in [7, 11) is 0. The highest BCUT2D eigenvalue weighted by atomic mass is 16.2. The Labute approximate surface area is 181 Å². The molecule has 1 unspecified atom stereocenters. The van der Waals surface area contributed by atoms with E-state index in [2.05, 4.69) is 29.8 Å². The van der Waals surface area contributed by atoms with E-state index in [1.165, 1.54) is 0 Å². The molecule has 0 heterocycles. The summed E-state index contributed by atoms with van der Waals surface area (Å²) < 4.78 is 0. The van der Waals surface area contributed by atoms with Gasteiger partial charge in [0.25, 0.3) is 11.8 Å². The monoisotopic (exact) mass is 418 g/mol. The lowest BCUT2D eigenvalue weighted by Gasteiger charge is -2.20. The van der Waals surface area contributed by atoms with Crippen molar-refractivity contribution < 1.29 is 14.4 Å². The molecule has 1 atom stereocenters. The minimum absolute atomic E-state index is 0.0154. The molecule has 0 aliphatic carbocycles. The number of hydrogen-bond donors (Lipinski definition) is 3. The Morgan fingerprint density at radius 3 is 2.33 bits per heavy atom. The van der Waals surface area contributed by atoms with Crippen LogP contribution in [0.25, 0.3) is 0 Å². The molecule has 168 valence electrons. The second kappa shape index (κ2) is 13.7. The van der Waals surface area contributed by atoms with Gasteiger partial charge in [0.2, 0.25) is 5.91 Å². The number of carbonyl (C=O) groups excluding carboxylic acids is 3. The van der Waals surface area contributed by atoms with Crippen LogP contribution >= 0.6 is 0 Å². The standard InChI is InChI=1S/C23H38N4O3/c1-6-14-27(7-2)23(30)20-11-8-10-19(15-20)22(29)25-13-9-12-24-18(5)21(28)26-16-17(3)4/h8,10-11,15,17-18,24H,6-7,9,12-14,16H2,1-5H3,(H,25,29)(H,26,28). The van der Waals surface area contributed by atoms with E-state index in [4.69, 9.17) is 0 Å². The van der Waals surface area contributed by atoms with Crippen molar-refractivity contribution in [3.05, 3.63) is 35.4 Å². The molecule has 1 aromatic rings. The molecule has 1 rings (SSSR count). The quantitative estimate of drug-likeness (QED) is 0.429. The van der Waals surface area contributed by atoms with Gasteiger partial charge in [-0.3, -0.25) is 14.4 Å². The van der Waals surface area contributed by atoms with Crippen molar-refractivity contribution in [2.75, 3.05) is 32.7 Å². The van der Waals surface area contributed by atoms with E-state index < -0.39 is 0 Å². The van der Waals surface area contributed by atoms with Gasteiger partial charge < -0.3 is 20.9 Å². The largest absolute Gasteiger partial charge is 0.354 e. The predicted octanol–water partition coefficient (Wildman–Crippen LogP) is 2.43. The minimum Gasteiger partial charge on any atom is -0.354 e. The maximum Gasteiger partial charge on any atom is 0.253 e. The first-order valence-corrected chi connectivity index (χ1v) is 11.0. The molecular weight excluding hydrogens is 380 g/mol. The molecule has 7 heteroatoms. The highest BCUT2D eigenvalue weighted by molar-refractivity contribution is 5.99. The fourth-order valence-corrected chi connectivity index (χ4v) is 2.91. The highest BCUT2D eigenvalue weighted by Gasteiger charge is 2.15. The van der Waals surface area contributed by atoms with Crippen LogP contribution < -0.4 is 16.0 Å². The first-order valence-electron chi connectivity index (χ1n) is 11.0. The van der Waals surface area contributed by atoms with Gasteiger partial charge in [0.05, 0.1) is 6.04 Å². The number of rotatable bonds is 13. The van der Waals surface area contributed by atoms with Crippen LogP contribution in [0.5, 0.6) is 0 Å². The fourth-order valence-electron chi connectivity index (χ4n) is 2.91. The number of hydrogen-bond acceptors (Lipinski definition) is 4. The van der Waals surface area contributed by atoms with E-state index in [1.807, 2.05) is 20.8 Å². The zero-order valence-electron chi connectivity index (χ0n) is 19.1. The smallest absolute Gasteiger partial charge is 0.253 e. The molecule has 0 aliphatic rings. The third kappa shape index (κ3) is 8.95. The molecule has 0 radical (unpaired) electrons. The van der Waals surface area contributed by atoms with Gasteiger partial charge in [-0.15, -0.1) is 0 Å². The lowest BCUT2D eigenvalue weighted by Crippen LogP contribution is -2.44. The van der Waals surface area contributed by atoms with Crippen molar-refractivity contribution in [2.24, 2.45) is 5.92 Å². The third-order valence-electron chi connectivity index (χ3n) is 4.70. The van der Waals surface area contributed by atoms with Gasteiger partial charge in [-0.05, 0) is 57.4 Å². The second-order valence-corrected chi connectivity index (χ2v) is 7.89. The van der Waals surface area contributed by atoms with Gasteiger partial charge in [-0.2, -0.15) is 0 Å². The average Bonchev–Trinajstić information content (AvgIpc) is 2.74. The summed E-state index contributed by atoms with van der Waals surface area (Å²) in [6.07, 6.45) is 1.60. The Balaban J connectivity index is 2.43. The van der Waals surface area contributed by atoms with Crippen molar-refractivity contribution >= 4 is 17.7 Å². The van der Waals surface area contributed by atoms with Crippen LogP contribution in [0.3, 0.4) is 0 Å². The molecular formula is C23H38N4O3. The summed E-state index contributed by atoms with van der Waals surface area (Å²) in [5.41, 5.74) is 1.00. The van der Waals surface area contributed by atoms with E-state index >= 15 is 0 Å². The Bertz CT molecular complexity index is 691. The zero-order chi connectivity index (χ0) is 22.5. The van der Waals surface area contributed by atoms with Crippen LogP contribution in [0.4, 0.5) is 0 Å². The topological polar surface area (TPSA) is 90.5 Å². The van der Waals surface area contributed by atoms with E-state index in [0.29, 0.717) is 56.2 Å². The molecule has 0 aromatic heterocycles. The molecule has 0 spiro atoms. The van der Waals surface area contributed by atoms with Crippen molar-refractivity contribution in [3.8, 4) is 0 Å². The molecule has 30 heavy (non-hydrogen) atoms. The molecule has 0 saturated carbocycles. The molecule has 0 saturated heterocycles. The fraction of sp³-hybridized carbons (Fsp3) is 0.609. The number of carbonyl (C=O) groups is 3. The van der Waals surface area contributed by atoms with Crippen molar-refractivity contribution in [1.82, 2.24) is 20.9 Å². The number of benzene rings is 1. The summed E-state index contributed by atoms with van der Waals surface area (Å²) in [5.74, 6) is 0.147. The van der Waals surface area contributed by atoms with Gasteiger partial charge in [0, 0.05) is 37.3 Å². The van der Waals surface area contributed by atoms with E-state index in [9.17, 15) is 14.4 Å². The van der Waals surface area contributed by atoms with Crippen LogP contribution in [0.15, 0.2) is 24.3 Å². The zero-order valence-corrected chi connectivity index (χ0v) is 19.1. The first-order chi connectivity index (χ1) is 14.3. The Morgan fingerprint density at radius 1 is 1.00 bits per heavy atom. The number of amides is 3. The Kier molecular flexibility index (Phi) is 11.7. The second-order valence-electron chi connectivity index (χ2n) is 7.89. The molecule has 0 aliphatic heterocycles. The van der Waals surface area contributed by atoms with Gasteiger partial charge >= 0.3 is 0 Å². The van der Waals surface area contributed by atoms with Gasteiger partial charge in [0.15, 0.2) is 0 Å². The van der Waals surface area contributed by atoms with Gasteiger partial charge in [-0.25, -0.2) is 0 Å². The number of nitrogens with zero attached hydrogens (tertiary/aromatic N) is 1. The maximum atomic E-state index is 12.6. The van der Waals surface area contributed by atoms with Gasteiger partial charge in [-0.1, -0.05) is 26.8 Å². The average molecular weight is 419 g/mol. The van der Waals surface area contributed by atoms with Gasteiger partial charge in [0.1, 0.15) is 0 Å². The summed E-state index contributed by atoms with van der Waals surface area (Å²) in [5, 5.41) is 8.93. The van der Waals surface area contributed by atoms with Crippen LogP contribution in [-0.2, 0) is 4.79 Å². The van der Waals surface area contributed by atoms with Crippen LogP contribution in [-0.4, -0.2) is 61.4 Å². The SMILES string of the molecule is CCCN(CC)C(=O)c1cccc(C(=O)NCCCNC(C)C(=O)NCC(C)C)c1. The Morgan fingerprint density at radius 2 is 1.70 bits per heavy atom. The summed E-state index contributed by atoms with van der Waals surface area (Å²) in [6, 6.07) is 6.57. The molecule has 1 aromatic carbocycles. The maximum absolute atomic E-state index is 12.6. The lowest BCUT2D eigenvalue weighted by atomic mass is 10.1. The minimum atomic E-state index is -0.272. The number of nitrogens with one attached hydrogen (secondary N) is 3. The summed E-state index contributed by atoms with van der Waals surface area (Å²) in [6.45, 7) is 13.0. The van der Waals surface area contributed by atoms with Crippen molar-refractivity contribution in [3.63, 3.8) is 0 Å². The first kappa shape index (κ1) is 25.6. The molecule has 0 bridgehead atoms. The summed E-state index contributed by atoms with van der Waals surface area (Å²) >= 11 is 0. The summed E-state index contributed by atoms with van der Waals surface area (Å²) in [4.78, 5) is 38.7. The van der Waals surface area contributed by atoms with E-state index in [-0.39, 0.29) is 23.8 Å². The molecule has 7 nitrogen and oxygen atoms in total. The molecule has 3 N–H and O–H groups in total. The van der Waals surface area contributed by atoms with Crippen molar-refractivity contribution in [1.29, 1.82) is 0 Å². The van der Waals surface area contributed by atoms with Crippen LogP contribution in [0.2, 0.25) is 0 Å². The lowest BCUT2D eigenvalue weighted by molar-refractivity contribution is -0.122. The highest BCUT2D eigenvalue weighted by Crippen LogP contribution is 2.09. The predicted molar refractivity (Wildman–Crippen MR) is 121 cm³/mol.